The molecule has 0 N–H and O–H groups in total. The third kappa shape index (κ3) is 225. The molecular weight excluding hydrogens is 216 g/mol. The Morgan fingerprint density at radius 1 is 0.278 bits per heavy atom. The van der Waals surface area contributed by atoms with E-state index >= 15 is 0 Å². The lowest BCUT2D eigenvalue weighted by molar-refractivity contribution is 0.504. The Morgan fingerprint density at radius 2 is 0.333 bits per heavy atom. The molecule has 0 aromatic rings. The molecule has 18 heavy (non-hydrogen) atoms. The van der Waals surface area contributed by atoms with Crippen LogP contribution in [0.25, 0.3) is 0 Å². The summed E-state index contributed by atoms with van der Waals surface area (Å²) in [6, 6.07) is 0. The van der Waals surface area contributed by atoms with Crippen molar-refractivity contribution in [3.63, 3.8) is 0 Å². The molecule has 1 aliphatic carbocycles. The molecule has 1 aliphatic rings. The zero-order valence-corrected chi connectivity index (χ0v) is 12.8. The lowest BCUT2D eigenvalue weighted by Gasteiger charge is -2.05. The Labute approximate surface area is 125 Å². The first kappa shape index (κ1) is 64.2. The van der Waals surface area contributed by atoms with Crippen LogP contribution in [0.3, 0.4) is 0 Å². The van der Waals surface area contributed by atoms with E-state index in [9.17, 15) is 0 Å². The zero-order valence-electron chi connectivity index (χ0n) is 12.8. The Bertz CT molecular complexity index is 8.00. The van der Waals surface area contributed by atoms with Gasteiger partial charge in [0.15, 0.2) is 0 Å². The monoisotopic (exact) mass is 270 g/mol. The van der Waals surface area contributed by atoms with E-state index in [4.69, 9.17) is 0 Å². The van der Waals surface area contributed by atoms with Gasteiger partial charge in [-0.15, -0.1) is 0 Å². The van der Waals surface area contributed by atoms with Crippen molar-refractivity contribution in [3.05, 3.63) is 0 Å². The number of hydrogen-bond acceptors (Lipinski definition) is 0. The minimum absolute atomic E-state index is 0. The van der Waals surface area contributed by atoms with Crippen LogP contribution in [0.1, 0.15) is 125 Å². The maximum Gasteiger partial charge on any atom is -0.0533 e. The molecule has 0 heterocycles. The van der Waals surface area contributed by atoms with E-state index in [1.165, 1.54) is 25.7 Å². The van der Waals surface area contributed by atoms with Crippen LogP contribution in [0, 0.1) is 0 Å². The third-order valence-corrected chi connectivity index (χ3v) is 1.000. The summed E-state index contributed by atoms with van der Waals surface area (Å²) in [4.78, 5) is 0. The molecule has 1 saturated carbocycles. The SMILES string of the molecule is C.C.C.C.C1CCC1.CC.CC.CC.CC.CC. The van der Waals surface area contributed by atoms with Gasteiger partial charge in [-0.1, -0.05) is 125 Å². The first-order valence-corrected chi connectivity index (χ1v) is 7.00. The van der Waals surface area contributed by atoms with Crippen LogP contribution >= 0.6 is 0 Å². The first-order chi connectivity index (χ1) is 7.00. The van der Waals surface area contributed by atoms with Crippen LogP contribution in [0.5, 0.6) is 0 Å². The minimum Gasteiger partial charge on any atom is -0.0776 e. The molecule has 1 rings (SSSR count). The van der Waals surface area contributed by atoms with Crippen molar-refractivity contribution in [1.82, 2.24) is 0 Å². The molecule has 0 unspecified atom stereocenters. The Balaban J connectivity index is -0.00000000769. The molecule has 0 aromatic carbocycles. The van der Waals surface area contributed by atoms with E-state index in [1.54, 1.807) is 0 Å². The van der Waals surface area contributed by atoms with Crippen molar-refractivity contribution in [1.29, 1.82) is 0 Å². The largest absolute Gasteiger partial charge is 0.0776 e. The van der Waals surface area contributed by atoms with Crippen LogP contribution in [-0.4, -0.2) is 0 Å². The summed E-state index contributed by atoms with van der Waals surface area (Å²) in [6.07, 6.45) is 6.00. The lowest BCUT2D eigenvalue weighted by Crippen LogP contribution is -1.85. The standard InChI is InChI=1S/C4H8.5C2H6.4CH4/c1-2-4-3-1;5*1-2;;;;/h1-4H2;5*1-2H3;4*1H4. The van der Waals surface area contributed by atoms with Crippen molar-refractivity contribution in [2.45, 2.75) is 125 Å². The molecule has 0 amide bonds. The molecule has 0 nitrogen and oxygen atoms in total. The topological polar surface area (TPSA) is 0 Å². The first-order valence-electron chi connectivity index (χ1n) is 7.00. The van der Waals surface area contributed by atoms with Gasteiger partial charge in [0.2, 0.25) is 0 Å². The van der Waals surface area contributed by atoms with Crippen molar-refractivity contribution < 1.29 is 0 Å². The fourth-order valence-electron chi connectivity index (χ4n) is 0.250. The zero-order chi connectivity index (χ0) is 12.8. The van der Waals surface area contributed by atoms with E-state index in [0.29, 0.717) is 0 Å². The minimum atomic E-state index is 0. The van der Waals surface area contributed by atoms with Gasteiger partial charge >= 0.3 is 0 Å². The fourth-order valence-corrected chi connectivity index (χ4v) is 0.250. The van der Waals surface area contributed by atoms with Crippen molar-refractivity contribution in [2.75, 3.05) is 0 Å². The number of hydrogen-bond donors (Lipinski definition) is 0. The Hall–Kier alpha value is 0. The Morgan fingerprint density at radius 3 is 0.333 bits per heavy atom. The van der Waals surface area contributed by atoms with Gasteiger partial charge in [-0.3, -0.25) is 0 Å². The van der Waals surface area contributed by atoms with Crippen LogP contribution < -0.4 is 0 Å². The average molecular weight is 271 g/mol. The molecular formula is C18H54. The molecule has 0 spiro atoms. The van der Waals surface area contributed by atoms with Crippen molar-refractivity contribution >= 4 is 0 Å². The molecule has 0 heteroatoms. The van der Waals surface area contributed by atoms with E-state index < -0.39 is 0 Å². The third-order valence-electron chi connectivity index (χ3n) is 1.000. The van der Waals surface area contributed by atoms with E-state index in [-0.39, 0.29) is 29.7 Å². The lowest BCUT2D eigenvalue weighted by atomic mass is 10.0. The van der Waals surface area contributed by atoms with Crippen LogP contribution in [0.2, 0.25) is 0 Å². The molecule has 0 radical (unpaired) electrons. The summed E-state index contributed by atoms with van der Waals surface area (Å²) in [7, 11) is 0. The summed E-state index contributed by atoms with van der Waals surface area (Å²) in [6.45, 7) is 20.0. The van der Waals surface area contributed by atoms with E-state index in [1.807, 2.05) is 69.2 Å². The summed E-state index contributed by atoms with van der Waals surface area (Å²) in [5.74, 6) is 0. The van der Waals surface area contributed by atoms with Crippen LogP contribution in [-0.2, 0) is 0 Å². The van der Waals surface area contributed by atoms with Gasteiger partial charge in [-0.05, 0) is 0 Å². The summed E-state index contributed by atoms with van der Waals surface area (Å²) in [5.41, 5.74) is 0. The van der Waals surface area contributed by atoms with Gasteiger partial charge in [-0.2, -0.15) is 0 Å². The van der Waals surface area contributed by atoms with Crippen molar-refractivity contribution in [3.8, 4) is 0 Å². The summed E-state index contributed by atoms with van der Waals surface area (Å²) in [5, 5.41) is 0. The summed E-state index contributed by atoms with van der Waals surface area (Å²) >= 11 is 0. The molecule has 0 aliphatic heterocycles. The maximum atomic E-state index is 2.00. The van der Waals surface area contributed by atoms with Gasteiger partial charge in [0.25, 0.3) is 0 Å². The van der Waals surface area contributed by atoms with Gasteiger partial charge in [0.1, 0.15) is 0 Å². The second kappa shape index (κ2) is 272. The van der Waals surface area contributed by atoms with Gasteiger partial charge in [0, 0.05) is 0 Å². The van der Waals surface area contributed by atoms with Gasteiger partial charge in [0.05, 0.1) is 0 Å². The van der Waals surface area contributed by atoms with Crippen LogP contribution in [0.15, 0.2) is 0 Å². The molecule has 0 aromatic heterocycles. The maximum absolute atomic E-state index is 2.00. The second-order valence-corrected chi connectivity index (χ2v) is 1.41. The smallest absolute Gasteiger partial charge is 0.0533 e. The number of rotatable bonds is 0. The second-order valence-electron chi connectivity index (χ2n) is 1.41. The van der Waals surface area contributed by atoms with Gasteiger partial charge < -0.3 is 0 Å². The molecule has 126 valence electrons. The highest BCUT2D eigenvalue weighted by Gasteiger charge is 1.95. The highest BCUT2D eigenvalue weighted by Crippen LogP contribution is 2.15. The highest BCUT2D eigenvalue weighted by molar-refractivity contribution is 4.50. The van der Waals surface area contributed by atoms with Gasteiger partial charge in [-0.25, -0.2) is 0 Å². The molecule has 0 saturated heterocycles. The van der Waals surface area contributed by atoms with Crippen molar-refractivity contribution in [2.24, 2.45) is 0 Å². The fraction of sp³-hybridized carbons (Fsp3) is 1.00. The average Bonchev–Trinajstić information content (AvgIpc) is 2.29. The quantitative estimate of drug-likeness (QED) is 0.411. The molecule has 0 bridgehead atoms. The Kier molecular flexibility index (Phi) is 970. The van der Waals surface area contributed by atoms with E-state index in [0.717, 1.165) is 0 Å². The molecule has 0 atom stereocenters. The van der Waals surface area contributed by atoms with Crippen LogP contribution in [0.4, 0.5) is 0 Å². The summed E-state index contributed by atoms with van der Waals surface area (Å²) < 4.78 is 0. The molecule has 1 fully saturated rings. The normalized spacial score (nSPS) is 7.00. The predicted molar refractivity (Wildman–Crippen MR) is 102 cm³/mol. The van der Waals surface area contributed by atoms with E-state index in [2.05, 4.69) is 0 Å². The highest BCUT2D eigenvalue weighted by atomic mass is 14.0. The predicted octanol–water partition coefficient (Wildman–Crippen LogP) is 9.24.